The molecule has 0 N–H and O–H groups in total. The van der Waals surface area contributed by atoms with Crippen LogP contribution in [-0.2, 0) is 4.74 Å². The second-order valence-corrected chi connectivity index (χ2v) is 3.23. The molecule has 0 saturated heterocycles. The summed E-state index contributed by atoms with van der Waals surface area (Å²) in [5.74, 6) is -0.647. The van der Waals surface area contributed by atoms with E-state index in [-0.39, 0.29) is 15.6 Å². The fourth-order valence-corrected chi connectivity index (χ4v) is 1.63. The molecule has 0 aliphatic rings. The van der Waals surface area contributed by atoms with E-state index in [1.807, 2.05) is 0 Å². The third kappa shape index (κ3) is 1.82. The molecule has 0 fully saturated rings. The molecule has 0 radical (unpaired) electrons. The summed E-state index contributed by atoms with van der Waals surface area (Å²) in [7, 11) is 2.53. The van der Waals surface area contributed by atoms with Gasteiger partial charge in [0, 0.05) is 6.07 Å². The van der Waals surface area contributed by atoms with Gasteiger partial charge in [0.1, 0.15) is 5.56 Å². The van der Waals surface area contributed by atoms with E-state index >= 15 is 0 Å². The molecule has 0 unspecified atom stereocenters. The number of hydrogen-bond donors (Lipinski definition) is 0. The molecule has 0 saturated carbocycles. The van der Waals surface area contributed by atoms with Crippen molar-refractivity contribution in [1.29, 1.82) is 0 Å². The van der Waals surface area contributed by atoms with Gasteiger partial charge in [-0.1, -0.05) is 0 Å². The standard InChI is InChI=1S/C7H7NO5S/c1-12-6(9)4-3-5(8(10)11)14-7(4)13-2/h3H,1-2H3. The number of thiophene rings is 1. The van der Waals surface area contributed by atoms with Crippen LogP contribution in [0, 0.1) is 10.1 Å². The first kappa shape index (κ1) is 10.5. The van der Waals surface area contributed by atoms with Crippen molar-refractivity contribution >= 4 is 22.3 Å². The monoisotopic (exact) mass is 217 g/mol. The Morgan fingerprint density at radius 3 is 2.64 bits per heavy atom. The minimum atomic E-state index is -0.647. The highest BCUT2D eigenvalue weighted by Crippen LogP contribution is 2.35. The van der Waals surface area contributed by atoms with E-state index in [4.69, 9.17) is 4.74 Å². The van der Waals surface area contributed by atoms with E-state index in [0.717, 1.165) is 17.4 Å². The zero-order valence-corrected chi connectivity index (χ0v) is 8.29. The highest BCUT2D eigenvalue weighted by molar-refractivity contribution is 7.17. The van der Waals surface area contributed by atoms with Crippen LogP contribution in [-0.4, -0.2) is 25.1 Å². The fourth-order valence-electron chi connectivity index (χ4n) is 0.856. The smallest absolute Gasteiger partial charge is 0.342 e. The van der Waals surface area contributed by atoms with Crippen LogP contribution in [0.15, 0.2) is 6.07 Å². The van der Waals surface area contributed by atoms with Gasteiger partial charge in [0.05, 0.1) is 19.1 Å². The number of nitrogens with zero attached hydrogens (tertiary/aromatic N) is 1. The van der Waals surface area contributed by atoms with Gasteiger partial charge in [0.15, 0.2) is 5.06 Å². The summed E-state index contributed by atoms with van der Waals surface area (Å²) in [5, 5.41) is 10.4. The number of hydrogen-bond acceptors (Lipinski definition) is 6. The van der Waals surface area contributed by atoms with E-state index in [0.29, 0.717) is 0 Å². The van der Waals surface area contributed by atoms with Crippen LogP contribution in [0.2, 0.25) is 0 Å². The normalized spacial score (nSPS) is 9.57. The van der Waals surface area contributed by atoms with Crippen LogP contribution >= 0.6 is 11.3 Å². The molecule has 1 rings (SSSR count). The van der Waals surface area contributed by atoms with Crippen molar-refractivity contribution in [3.05, 3.63) is 21.7 Å². The molecule has 1 aromatic heterocycles. The zero-order chi connectivity index (χ0) is 10.7. The second kappa shape index (κ2) is 4.05. The molecule has 1 heterocycles. The summed E-state index contributed by atoms with van der Waals surface area (Å²) in [5.41, 5.74) is 0.0756. The topological polar surface area (TPSA) is 78.7 Å². The molecular weight excluding hydrogens is 210 g/mol. The Bertz CT molecular complexity index is 372. The van der Waals surface area contributed by atoms with Gasteiger partial charge in [-0.05, 0) is 11.3 Å². The molecule has 0 bridgehead atoms. The van der Waals surface area contributed by atoms with Gasteiger partial charge in [-0.2, -0.15) is 0 Å². The molecule has 6 nitrogen and oxygen atoms in total. The van der Waals surface area contributed by atoms with Gasteiger partial charge in [-0.15, -0.1) is 0 Å². The highest BCUT2D eigenvalue weighted by Gasteiger charge is 2.22. The number of carbonyl (C=O) groups excluding carboxylic acids is 1. The summed E-state index contributed by atoms with van der Waals surface area (Å²) in [6, 6.07) is 1.13. The Morgan fingerprint density at radius 1 is 1.57 bits per heavy atom. The van der Waals surface area contributed by atoms with Crippen molar-refractivity contribution in [1.82, 2.24) is 0 Å². The Labute approximate surface area is 83.2 Å². The van der Waals surface area contributed by atoms with E-state index in [9.17, 15) is 14.9 Å². The molecule has 0 amide bonds. The molecule has 0 spiro atoms. The lowest BCUT2D eigenvalue weighted by atomic mass is 10.3. The van der Waals surface area contributed by atoms with Gasteiger partial charge in [-0.3, -0.25) is 10.1 Å². The Kier molecular flexibility index (Phi) is 3.03. The lowest BCUT2D eigenvalue weighted by Gasteiger charge is -1.97. The van der Waals surface area contributed by atoms with Crippen molar-refractivity contribution in [3.63, 3.8) is 0 Å². The molecule has 7 heteroatoms. The average molecular weight is 217 g/mol. The Balaban J connectivity index is 3.15. The van der Waals surface area contributed by atoms with Crippen LogP contribution in [0.5, 0.6) is 5.06 Å². The van der Waals surface area contributed by atoms with Gasteiger partial charge < -0.3 is 9.47 Å². The summed E-state index contributed by atoms with van der Waals surface area (Å²) in [6.07, 6.45) is 0. The number of carbonyl (C=O) groups is 1. The minimum Gasteiger partial charge on any atom is -0.486 e. The van der Waals surface area contributed by atoms with Crippen molar-refractivity contribution in [2.75, 3.05) is 14.2 Å². The maximum atomic E-state index is 11.1. The molecule has 0 atom stereocenters. The maximum Gasteiger partial charge on any atom is 0.342 e. The largest absolute Gasteiger partial charge is 0.486 e. The average Bonchev–Trinajstić information content (AvgIpc) is 2.60. The van der Waals surface area contributed by atoms with Gasteiger partial charge >= 0.3 is 11.0 Å². The first-order chi connectivity index (χ1) is 6.60. The predicted octanol–water partition coefficient (Wildman–Crippen LogP) is 1.45. The van der Waals surface area contributed by atoms with Crippen LogP contribution in [0.4, 0.5) is 5.00 Å². The second-order valence-electron chi connectivity index (χ2n) is 2.24. The van der Waals surface area contributed by atoms with Crippen LogP contribution < -0.4 is 4.74 Å². The first-order valence-corrected chi connectivity index (χ1v) is 4.32. The van der Waals surface area contributed by atoms with Gasteiger partial charge in [0.25, 0.3) is 0 Å². The van der Waals surface area contributed by atoms with E-state index in [2.05, 4.69) is 4.74 Å². The lowest BCUT2D eigenvalue weighted by molar-refractivity contribution is -0.380. The van der Waals surface area contributed by atoms with Crippen molar-refractivity contribution in [3.8, 4) is 5.06 Å². The zero-order valence-electron chi connectivity index (χ0n) is 7.47. The van der Waals surface area contributed by atoms with E-state index < -0.39 is 10.9 Å². The van der Waals surface area contributed by atoms with E-state index in [1.165, 1.54) is 14.2 Å². The Hall–Kier alpha value is -1.63. The first-order valence-electron chi connectivity index (χ1n) is 3.50. The number of ether oxygens (including phenoxy) is 2. The van der Waals surface area contributed by atoms with Crippen molar-refractivity contribution in [2.45, 2.75) is 0 Å². The minimum absolute atomic E-state index is 0.0756. The van der Waals surface area contributed by atoms with Crippen LogP contribution in [0.3, 0.4) is 0 Å². The quantitative estimate of drug-likeness (QED) is 0.435. The van der Waals surface area contributed by atoms with Gasteiger partial charge in [0.2, 0.25) is 0 Å². The molecular formula is C7H7NO5S. The third-order valence-corrected chi connectivity index (χ3v) is 2.50. The molecule has 0 aromatic carbocycles. The van der Waals surface area contributed by atoms with Crippen LogP contribution in [0.1, 0.15) is 10.4 Å². The highest BCUT2D eigenvalue weighted by atomic mass is 32.1. The van der Waals surface area contributed by atoms with Crippen LogP contribution in [0.25, 0.3) is 0 Å². The molecule has 0 aliphatic heterocycles. The predicted molar refractivity (Wildman–Crippen MR) is 48.9 cm³/mol. The van der Waals surface area contributed by atoms with Crippen molar-refractivity contribution in [2.24, 2.45) is 0 Å². The number of nitro groups is 1. The van der Waals surface area contributed by atoms with E-state index in [1.54, 1.807) is 0 Å². The molecule has 76 valence electrons. The maximum absolute atomic E-state index is 11.1. The fraction of sp³-hybridized carbons (Fsp3) is 0.286. The molecule has 0 aliphatic carbocycles. The number of esters is 1. The molecule has 14 heavy (non-hydrogen) atoms. The number of rotatable bonds is 3. The Morgan fingerprint density at radius 2 is 2.21 bits per heavy atom. The number of methoxy groups -OCH3 is 2. The summed E-state index contributed by atoms with van der Waals surface area (Å²) >= 11 is 0.789. The van der Waals surface area contributed by atoms with Crippen molar-refractivity contribution < 1.29 is 19.2 Å². The third-order valence-electron chi connectivity index (χ3n) is 1.46. The summed E-state index contributed by atoms with van der Waals surface area (Å²) in [6.45, 7) is 0. The summed E-state index contributed by atoms with van der Waals surface area (Å²) in [4.78, 5) is 20.9. The molecule has 1 aromatic rings. The summed E-state index contributed by atoms with van der Waals surface area (Å²) < 4.78 is 9.25. The lowest BCUT2D eigenvalue weighted by Crippen LogP contribution is -2.00. The SMILES string of the molecule is COC(=O)c1cc([N+](=O)[O-])sc1OC. The van der Waals surface area contributed by atoms with Gasteiger partial charge in [-0.25, -0.2) is 4.79 Å².